The molecule has 1 N–H and O–H groups in total. The van der Waals surface area contributed by atoms with Gasteiger partial charge in [-0.2, -0.15) is 0 Å². The van der Waals surface area contributed by atoms with Crippen LogP contribution in [0.5, 0.6) is 5.75 Å². The number of methoxy groups -OCH3 is 1. The molecule has 3 heteroatoms. The van der Waals surface area contributed by atoms with E-state index < -0.39 is 0 Å². The van der Waals surface area contributed by atoms with Crippen molar-refractivity contribution in [1.29, 1.82) is 0 Å². The summed E-state index contributed by atoms with van der Waals surface area (Å²) in [5.74, 6) is 1.64. The van der Waals surface area contributed by atoms with Gasteiger partial charge in [-0.15, -0.1) is 0 Å². The van der Waals surface area contributed by atoms with E-state index in [1.54, 1.807) is 7.11 Å². The van der Waals surface area contributed by atoms with E-state index in [0.717, 1.165) is 17.9 Å². The summed E-state index contributed by atoms with van der Waals surface area (Å²) in [5.41, 5.74) is 1.03. The van der Waals surface area contributed by atoms with E-state index in [1.807, 2.05) is 24.3 Å². The van der Waals surface area contributed by atoms with Crippen LogP contribution in [0.25, 0.3) is 0 Å². The Labute approximate surface area is 109 Å². The van der Waals surface area contributed by atoms with Crippen LogP contribution < -0.4 is 10.1 Å². The third-order valence-electron chi connectivity index (χ3n) is 3.59. The minimum absolute atomic E-state index is 0.118. The molecule has 3 nitrogen and oxygen atoms in total. The summed E-state index contributed by atoms with van der Waals surface area (Å²) in [6, 6.07) is 7.65. The Hall–Kier alpha value is -1.51. The van der Waals surface area contributed by atoms with Gasteiger partial charge in [-0.3, -0.25) is 4.79 Å². The van der Waals surface area contributed by atoms with Crippen LogP contribution in [-0.2, 0) is 11.2 Å². The summed E-state index contributed by atoms with van der Waals surface area (Å²) < 4.78 is 5.09. The third-order valence-corrected chi connectivity index (χ3v) is 3.59. The fraction of sp³-hybridized carbons (Fsp3) is 0.533. The number of benzene rings is 1. The van der Waals surface area contributed by atoms with Gasteiger partial charge in [-0.25, -0.2) is 0 Å². The molecule has 1 amide bonds. The topological polar surface area (TPSA) is 38.3 Å². The van der Waals surface area contributed by atoms with Gasteiger partial charge >= 0.3 is 0 Å². The van der Waals surface area contributed by atoms with Gasteiger partial charge in [0.25, 0.3) is 0 Å². The molecule has 0 radical (unpaired) electrons. The normalized spacial score (nSPS) is 15.6. The van der Waals surface area contributed by atoms with Crippen molar-refractivity contribution in [1.82, 2.24) is 5.32 Å². The first-order valence-electron chi connectivity index (χ1n) is 6.67. The fourth-order valence-electron chi connectivity index (χ4n) is 2.46. The molecular formula is C15H21NO2. The lowest BCUT2D eigenvalue weighted by Gasteiger charge is -2.10. The predicted octanol–water partition coefficient (Wildman–Crippen LogP) is 2.54. The van der Waals surface area contributed by atoms with Crippen LogP contribution in [0.2, 0.25) is 0 Å². The van der Waals surface area contributed by atoms with Gasteiger partial charge in [0.15, 0.2) is 0 Å². The Kier molecular flexibility index (Phi) is 4.62. The largest absolute Gasteiger partial charge is 0.497 e. The summed E-state index contributed by atoms with van der Waals surface area (Å²) in [7, 11) is 1.64. The lowest BCUT2D eigenvalue weighted by molar-refractivity contribution is -0.120. The number of carbonyl (C=O) groups excluding carboxylic acids is 1. The lowest BCUT2D eigenvalue weighted by atomic mass is 10.1. The highest BCUT2D eigenvalue weighted by atomic mass is 16.5. The number of hydrogen-bond acceptors (Lipinski definition) is 2. The van der Waals surface area contributed by atoms with Crippen LogP contribution in [0.4, 0.5) is 0 Å². The Morgan fingerprint density at radius 1 is 1.28 bits per heavy atom. The van der Waals surface area contributed by atoms with Crippen molar-refractivity contribution in [3.8, 4) is 5.75 Å². The van der Waals surface area contributed by atoms with E-state index in [4.69, 9.17) is 4.74 Å². The van der Waals surface area contributed by atoms with E-state index >= 15 is 0 Å². The van der Waals surface area contributed by atoms with E-state index in [1.165, 1.54) is 25.7 Å². The molecule has 1 aliphatic rings. The van der Waals surface area contributed by atoms with Crippen LogP contribution in [0.1, 0.15) is 31.2 Å². The van der Waals surface area contributed by atoms with Crippen molar-refractivity contribution >= 4 is 5.91 Å². The van der Waals surface area contributed by atoms with Crippen molar-refractivity contribution in [3.63, 3.8) is 0 Å². The summed E-state index contributed by atoms with van der Waals surface area (Å²) in [4.78, 5) is 11.8. The zero-order valence-electron chi connectivity index (χ0n) is 10.9. The van der Waals surface area contributed by atoms with E-state index in [-0.39, 0.29) is 5.91 Å². The SMILES string of the molecule is COc1ccc(CC(=O)NCC2CCCC2)cc1. The number of rotatable bonds is 5. The average molecular weight is 247 g/mol. The molecule has 18 heavy (non-hydrogen) atoms. The molecule has 0 unspecified atom stereocenters. The number of nitrogens with one attached hydrogen (secondary N) is 1. The Balaban J connectivity index is 1.75. The van der Waals surface area contributed by atoms with Crippen LogP contribution >= 0.6 is 0 Å². The molecule has 1 aromatic rings. The first kappa shape index (κ1) is 12.9. The molecule has 0 atom stereocenters. The molecule has 1 aromatic carbocycles. The minimum atomic E-state index is 0.118. The lowest BCUT2D eigenvalue weighted by Crippen LogP contribution is -2.29. The molecule has 1 saturated carbocycles. The summed E-state index contributed by atoms with van der Waals surface area (Å²) in [6.07, 6.45) is 5.63. The Morgan fingerprint density at radius 3 is 2.56 bits per heavy atom. The molecule has 0 heterocycles. The van der Waals surface area contributed by atoms with Crippen molar-refractivity contribution in [2.75, 3.05) is 13.7 Å². The van der Waals surface area contributed by atoms with Gasteiger partial charge in [-0.05, 0) is 36.5 Å². The predicted molar refractivity (Wildman–Crippen MR) is 71.7 cm³/mol. The van der Waals surface area contributed by atoms with Crippen LogP contribution in [0.3, 0.4) is 0 Å². The van der Waals surface area contributed by atoms with E-state index in [9.17, 15) is 4.79 Å². The van der Waals surface area contributed by atoms with Crippen LogP contribution in [0.15, 0.2) is 24.3 Å². The molecule has 1 fully saturated rings. The van der Waals surface area contributed by atoms with E-state index in [2.05, 4.69) is 5.32 Å². The van der Waals surface area contributed by atoms with Gasteiger partial charge < -0.3 is 10.1 Å². The number of carbonyl (C=O) groups is 1. The number of hydrogen-bond donors (Lipinski definition) is 1. The quantitative estimate of drug-likeness (QED) is 0.868. The highest BCUT2D eigenvalue weighted by Crippen LogP contribution is 2.23. The molecule has 0 aromatic heterocycles. The summed E-state index contributed by atoms with van der Waals surface area (Å²) >= 11 is 0. The first-order valence-corrected chi connectivity index (χ1v) is 6.67. The molecule has 0 saturated heterocycles. The van der Waals surface area contributed by atoms with Crippen molar-refractivity contribution < 1.29 is 9.53 Å². The van der Waals surface area contributed by atoms with E-state index in [0.29, 0.717) is 12.3 Å². The maximum atomic E-state index is 11.8. The second-order valence-corrected chi connectivity index (χ2v) is 4.98. The standard InChI is InChI=1S/C15H21NO2/c1-18-14-8-6-12(7-9-14)10-15(17)16-11-13-4-2-3-5-13/h6-9,13H,2-5,10-11H2,1H3,(H,16,17). The minimum Gasteiger partial charge on any atom is -0.497 e. The zero-order chi connectivity index (χ0) is 12.8. The maximum absolute atomic E-state index is 11.8. The molecule has 0 aliphatic heterocycles. The van der Waals surface area contributed by atoms with Crippen LogP contribution in [-0.4, -0.2) is 19.6 Å². The van der Waals surface area contributed by atoms with Gasteiger partial charge in [0.1, 0.15) is 5.75 Å². The van der Waals surface area contributed by atoms with Gasteiger partial charge in [0, 0.05) is 6.54 Å². The monoisotopic (exact) mass is 247 g/mol. The Bertz CT molecular complexity index is 380. The third kappa shape index (κ3) is 3.76. The van der Waals surface area contributed by atoms with Crippen molar-refractivity contribution in [2.45, 2.75) is 32.1 Å². The van der Waals surface area contributed by atoms with Crippen LogP contribution in [0, 0.1) is 5.92 Å². The van der Waals surface area contributed by atoms with Gasteiger partial charge in [0.2, 0.25) is 5.91 Å². The van der Waals surface area contributed by atoms with Crippen molar-refractivity contribution in [2.24, 2.45) is 5.92 Å². The first-order chi connectivity index (χ1) is 8.78. The zero-order valence-corrected chi connectivity index (χ0v) is 10.9. The second kappa shape index (κ2) is 6.43. The van der Waals surface area contributed by atoms with Crippen molar-refractivity contribution in [3.05, 3.63) is 29.8 Å². The number of ether oxygens (including phenoxy) is 1. The fourth-order valence-corrected chi connectivity index (χ4v) is 2.46. The summed E-state index contributed by atoms with van der Waals surface area (Å²) in [6.45, 7) is 0.842. The summed E-state index contributed by atoms with van der Waals surface area (Å²) in [5, 5.41) is 3.03. The molecule has 0 bridgehead atoms. The highest BCUT2D eigenvalue weighted by molar-refractivity contribution is 5.78. The highest BCUT2D eigenvalue weighted by Gasteiger charge is 2.15. The maximum Gasteiger partial charge on any atom is 0.224 e. The molecule has 0 spiro atoms. The Morgan fingerprint density at radius 2 is 1.94 bits per heavy atom. The molecule has 1 aliphatic carbocycles. The second-order valence-electron chi connectivity index (χ2n) is 4.98. The molecule has 98 valence electrons. The smallest absolute Gasteiger partial charge is 0.224 e. The van der Waals surface area contributed by atoms with Gasteiger partial charge in [0.05, 0.1) is 13.5 Å². The molecular weight excluding hydrogens is 226 g/mol. The average Bonchev–Trinajstić information content (AvgIpc) is 2.90. The molecule has 2 rings (SSSR count). The number of amides is 1. The van der Waals surface area contributed by atoms with Gasteiger partial charge in [-0.1, -0.05) is 25.0 Å².